The van der Waals surface area contributed by atoms with Gasteiger partial charge >= 0.3 is 0 Å². The largest absolute Gasteiger partial charge is 0.311 e. The maximum Gasteiger partial charge on any atom is 0.292 e. The van der Waals surface area contributed by atoms with Crippen molar-refractivity contribution in [2.24, 2.45) is 0 Å². The van der Waals surface area contributed by atoms with Crippen LogP contribution in [0.5, 0.6) is 0 Å². The summed E-state index contributed by atoms with van der Waals surface area (Å²) in [6, 6.07) is 3.06. The van der Waals surface area contributed by atoms with Crippen LogP contribution in [0.2, 0.25) is 0 Å². The Balaban J connectivity index is 2.44. The van der Waals surface area contributed by atoms with Crippen LogP contribution in [0.1, 0.15) is 31.9 Å². The van der Waals surface area contributed by atoms with E-state index in [0.717, 1.165) is 13.0 Å². The van der Waals surface area contributed by atoms with E-state index >= 15 is 0 Å². The Labute approximate surface area is 95.0 Å². The van der Waals surface area contributed by atoms with Crippen molar-refractivity contribution in [1.82, 2.24) is 10.3 Å². The molecule has 1 N–H and O–H groups in total. The lowest BCUT2D eigenvalue weighted by atomic mass is 10.2. The van der Waals surface area contributed by atoms with Crippen molar-refractivity contribution in [3.8, 4) is 0 Å². The fraction of sp³-hybridized carbons (Fsp3) is 0.545. The number of hydrogen-bond acceptors (Lipinski definition) is 4. The molecule has 0 aliphatic heterocycles. The molecule has 1 heterocycles. The molecule has 1 aromatic rings. The van der Waals surface area contributed by atoms with Crippen LogP contribution in [-0.4, -0.2) is 16.5 Å². The van der Waals surface area contributed by atoms with E-state index in [1.165, 1.54) is 18.9 Å². The summed E-state index contributed by atoms with van der Waals surface area (Å²) in [5, 5.41) is 13.9. The van der Waals surface area contributed by atoms with Gasteiger partial charge in [0.25, 0.3) is 5.69 Å². The molecule has 0 saturated heterocycles. The van der Waals surface area contributed by atoms with Gasteiger partial charge in [0, 0.05) is 18.8 Å². The van der Waals surface area contributed by atoms with Crippen LogP contribution in [0.15, 0.2) is 18.3 Å². The maximum atomic E-state index is 10.7. The minimum absolute atomic E-state index is 0.0884. The molecule has 0 saturated carbocycles. The molecule has 0 aliphatic carbocycles. The molecule has 0 fully saturated rings. The van der Waals surface area contributed by atoms with Crippen LogP contribution >= 0.6 is 0 Å². The van der Waals surface area contributed by atoms with E-state index in [1.54, 1.807) is 12.3 Å². The molecule has 0 unspecified atom stereocenters. The summed E-state index contributed by atoms with van der Waals surface area (Å²) in [4.78, 5) is 14.3. The smallest absolute Gasteiger partial charge is 0.292 e. The molecule has 0 aliphatic rings. The Morgan fingerprint density at radius 3 is 3.00 bits per heavy atom. The quantitative estimate of drug-likeness (QED) is 0.437. The Kier molecular flexibility index (Phi) is 5.42. The van der Waals surface area contributed by atoms with Crippen molar-refractivity contribution in [2.75, 3.05) is 6.54 Å². The summed E-state index contributed by atoms with van der Waals surface area (Å²) in [6.45, 7) is 3.48. The van der Waals surface area contributed by atoms with Crippen LogP contribution in [0, 0.1) is 10.1 Å². The first kappa shape index (κ1) is 12.6. The van der Waals surface area contributed by atoms with E-state index in [9.17, 15) is 10.1 Å². The number of nitrogens with zero attached hydrogens (tertiary/aromatic N) is 2. The van der Waals surface area contributed by atoms with Crippen molar-refractivity contribution in [2.45, 2.75) is 32.7 Å². The number of nitrogens with one attached hydrogen (secondary N) is 1. The van der Waals surface area contributed by atoms with Crippen molar-refractivity contribution >= 4 is 5.69 Å². The molecule has 16 heavy (non-hydrogen) atoms. The Morgan fingerprint density at radius 1 is 1.50 bits per heavy atom. The topological polar surface area (TPSA) is 68.1 Å². The predicted octanol–water partition coefficient (Wildman–Crippen LogP) is 2.27. The van der Waals surface area contributed by atoms with E-state index in [1.807, 2.05) is 0 Å². The number of unbranched alkanes of at least 4 members (excludes halogenated alkanes) is 2. The zero-order valence-electron chi connectivity index (χ0n) is 9.48. The summed E-state index contributed by atoms with van der Waals surface area (Å²) < 4.78 is 0. The van der Waals surface area contributed by atoms with Crippen LogP contribution < -0.4 is 5.32 Å². The Morgan fingerprint density at radius 2 is 2.31 bits per heavy atom. The highest BCUT2D eigenvalue weighted by Gasteiger charge is 2.12. The second kappa shape index (κ2) is 6.90. The van der Waals surface area contributed by atoms with Crippen molar-refractivity contribution in [3.05, 3.63) is 34.1 Å². The van der Waals surface area contributed by atoms with Gasteiger partial charge in [0.05, 0.1) is 4.92 Å². The predicted molar refractivity (Wildman–Crippen MR) is 62.1 cm³/mol. The van der Waals surface area contributed by atoms with Crippen molar-refractivity contribution in [3.63, 3.8) is 0 Å². The maximum absolute atomic E-state index is 10.7. The third kappa shape index (κ3) is 3.94. The summed E-state index contributed by atoms with van der Waals surface area (Å²) >= 11 is 0. The fourth-order valence-corrected chi connectivity index (χ4v) is 1.44. The lowest BCUT2D eigenvalue weighted by Crippen LogP contribution is -2.16. The van der Waals surface area contributed by atoms with Gasteiger partial charge < -0.3 is 5.32 Å². The average molecular weight is 223 g/mol. The molecule has 0 amide bonds. The zero-order valence-corrected chi connectivity index (χ0v) is 9.48. The third-order valence-corrected chi connectivity index (χ3v) is 2.31. The number of aromatic nitrogens is 1. The second-order valence-electron chi connectivity index (χ2n) is 3.61. The highest BCUT2D eigenvalue weighted by molar-refractivity contribution is 5.34. The van der Waals surface area contributed by atoms with Gasteiger partial charge in [-0.1, -0.05) is 19.8 Å². The standard InChI is InChI=1S/C11H17N3O2/c1-2-3-4-7-12-9-10-11(14(15)16)6-5-8-13-10/h5-6,8,12H,2-4,7,9H2,1H3. The average Bonchev–Trinajstić information content (AvgIpc) is 2.29. The highest BCUT2D eigenvalue weighted by Crippen LogP contribution is 2.14. The van der Waals surface area contributed by atoms with E-state index in [4.69, 9.17) is 0 Å². The van der Waals surface area contributed by atoms with Gasteiger partial charge in [0.1, 0.15) is 5.69 Å². The Hall–Kier alpha value is -1.49. The summed E-state index contributed by atoms with van der Waals surface area (Å²) in [7, 11) is 0. The molecule has 1 rings (SSSR count). The molecular formula is C11H17N3O2. The van der Waals surface area contributed by atoms with Crippen molar-refractivity contribution in [1.29, 1.82) is 0 Å². The number of nitro groups is 1. The van der Waals surface area contributed by atoms with Gasteiger partial charge in [-0.15, -0.1) is 0 Å². The van der Waals surface area contributed by atoms with E-state index in [2.05, 4.69) is 17.2 Å². The van der Waals surface area contributed by atoms with Crippen molar-refractivity contribution < 1.29 is 4.92 Å². The second-order valence-corrected chi connectivity index (χ2v) is 3.61. The van der Waals surface area contributed by atoms with E-state index in [0.29, 0.717) is 12.2 Å². The van der Waals surface area contributed by atoms with Gasteiger partial charge in [-0.05, 0) is 19.0 Å². The molecular weight excluding hydrogens is 206 g/mol. The molecule has 0 aromatic carbocycles. The van der Waals surface area contributed by atoms with Gasteiger partial charge in [0.2, 0.25) is 0 Å². The molecule has 1 aromatic heterocycles. The SMILES string of the molecule is CCCCCNCc1ncccc1[N+](=O)[O-]. The molecule has 88 valence electrons. The highest BCUT2D eigenvalue weighted by atomic mass is 16.6. The van der Waals surface area contributed by atoms with Crippen LogP contribution in [0.4, 0.5) is 5.69 Å². The third-order valence-electron chi connectivity index (χ3n) is 2.31. The number of hydrogen-bond donors (Lipinski definition) is 1. The molecule has 0 radical (unpaired) electrons. The zero-order chi connectivity index (χ0) is 11.8. The first-order valence-electron chi connectivity index (χ1n) is 5.54. The minimum atomic E-state index is -0.393. The molecule has 0 atom stereocenters. The molecule has 0 spiro atoms. The first-order valence-corrected chi connectivity index (χ1v) is 5.54. The molecule has 0 bridgehead atoms. The number of rotatable bonds is 7. The monoisotopic (exact) mass is 223 g/mol. The lowest BCUT2D eigenvalue weighted by Gasteiger charge is -2.04. The number of pyridine rings is 1. The van der Waals surface area contributed by atoms with Crippen LogP contribution in [0.25, 0.3) is 0 Å². The fourth-order valence-electron chi connectivity index (χ4n) is 1.44. The minimum Gasteiger partial charge on any atom is -0.311 e. The van der Waals surface area contributed by atoms with Crippen LogP contribution in [-0.2, 0) is 6.54 Å². The van der Waals surface area contributed by atoms with Gasteiger partial charge in [-0.25, -0.2) is 0 Å². The summed E-state index contributed by atoms with van der Waals surface area (Å²) in [6.07, 6.45) is 5.02. The normalized spacial score (nSPS) is 10.3. The van der Waals surface area contributed by atoms with Gasteiger partial charge in [0.15, 0.2) is 0 Å². The van der Waals surface area contributed by atoms with E-state index < -0.39 is 4.92 Å². The summed E-state index contributed by atoms with van der Waals surface area (Å²) in [5.74, 6) is 0. The molecule has 5 heteroatoms. The first-order chi connectivity index (χ1) is 7.75. The van der Waals surface area contributed by atoms with Gasteiger partial charge in [-0.3, -0.25) is 15.1 Å². The van der Waals surface area contributed by atoms with Gasteiger partial charge in [-0.2, -0.15) is 0 Å². The van der Waals surface area contributed by atoms with E-state index in [-0.39, 0.29) is 5.69 Å². The molecule has 5 nitrogen and oxygen atoms in total. The summed E-state index contributed by atoms with van der Waals surface area (Å²) in [5.41, 5.74) is 0.592. The van der Waals surface area contributed by atoms with Crippen LogP contribution in [0.3, 0.4) is 0 Å². The lowest BCUT2D eigenvalue weighted by molar-refractivity contribution is -0.386. The Bertz CT molecular complexity index is 342.